The van der Waals surface area contributed by atoms with E-state index >= 15 is 0 Å². The zero-order valence-electron chi connectivity index (χ0n) is 14.0. The second kappa shape index (κ2) is 10.8. The minimum Gasteiger partial charge on any atom is -0.379 e. The van der Waals surface area contributed by atoms with Crippen molar-refractivity contribution in [1.82, 2.24) is 15.5 Å². The zero-order valence-corrected chi connectivity index (χ0v) is 14.0. The second-order valence-corrected chi connectivity index (χ2v) is 5.94. The molecule has 2 aliphatic rings. The van der Waals surface area contributed by atoms with Crippen LogP contribution >= 0.6 is 0 Å². The van der Waals surface area contributed by atoms with Gasteiger partial charge >= 0.3 is 0 Å². The number of nitrogens with one attached hydrogen (secondary N) is 2. The van der Waals surface area contributed by atoms with Crippen molar-refractivity contribution in [3.63, 3.8) is 0 Å². The molecule has 2 N–H and O–H groups in total. The van der Waals surface area contributed by atoms with Gasteiger partial charge in [-0.1, -0.05) is 0 Å². The molecule has 6 heteroatoms. The Hall–Kier alpha value is -0.850. The number of rotatable bonds is 8. The third-order valence-corrected chi connectivity index (χ3v) is 4.12. The summed E-state index contributed by atoms with van der Waals surface area (Å²) < 4.78 is 11.0. The Morgan fingerprint density at radius 1 is 1.18 bits per heavy atom. The van der Waals surface area contributed by atoms with Crippen LogP contribution in [-0.4, -0.2) is 76.1 Å². The fourth-order valence-corrected chi connectivity index (χ4v) is 2.82. The quantitative estimate of drug-likeness (QED) is 0.395. The van der Waals surface area contributed by atoms with Gasteiger partial charge in [0.15, 0.2) is 5.96 Å². The molecule has 2 aliphatic heterocycles. The fourth-order valence-electron chi connectivity index (χ4n) is 2.82. The monoisotopic (exact) mass is 312 g/mol. The number of hydrogen-bond donors (Lipinski definition) is 2. The number of aliphatic imine (C=N–C) groups is 1. The Balaban J connectivity index is 1.55. The summed E-state index contributed by atoms with van der Waals surface area (Å²) in [5.41, 5.74) is 0. The van der Waals surface area contributed by atoms with E-state index in [2.05, 4.69) is 27.4 Å². The highest BCUT2D eigenvalue weighted by Gasteiger charge is 2.14. The van der Waals surface area contributed by atoms with Crippen LogP contribution in [0.15, 0.2) is 4.99 Å². The van der Waals surface area contributed by atoms with Crippen molar-refractivity contribution in [2.45, 2.75) is 38.7 Å². The molecular weight excluding hydrogens is 280 g/mol. The molecule has 22 heavy (non-hydrogen) atoms. The Bertz CT molecular complexity index is 313. The summed E-state index contributed by atoms with van der Waals surface area (Å²) in [5, 5.41) is 6.73. The van der Waals surface area contributed by atoms with Crippen LogP contribution < -0.4 is 10.6 Å². The molecule has 2 rings (SSSR count). The molecule has 1 unspecified atom stereocenters. The highest BCUT2D eigenvalue weighted by Crippen LogP contribution is 2.11. The lowest BCUT2D eigenvalue weighted by Gasteiger charge is -2.26. The van der Waals surface area contributed by atoms with Crippen LogP contribution in [0.4, 0.5) is 0 Å². The van der Waals surface area contributed by atoms with Crippen LogP contribution in [0, 0.1) is 0 Å². The van der Waals surface area contributed by atoms with E-state index in [1.165, 1.54) is 25.8 Å². The summed E-state index contributed by atoms with van der Waals surface area (Å²) in [6, 6.07) is 0. The fraction of sp³-hybridized carbons (Fsp3) is 0.938. The van der Waals surface area contributed by atoms with Gasteiger partial charge in [-0.25, -0.2) is 0 Å². The number of hydrogen-bond acceptors (Lipinski definition) is 4. The topological polar surface area (TPSA) is 58.1 Å². The lowest BCUT2D eigenvalue weighted by molar-refractivity contribution is 0.0372. The van der Waals surface area contributed by atoms with E-state index in [9.17, 15) is 0 Å². The largest absolute Gasteiger partial charge is 0.379 e. The van der Waals surface area contributed by atoms with Crippen molar-refractivity contribution in [3.8, 4) is 0 Å². The summed E-state index contributed by atoms with van der Waals surface area (Å²) in [6.07, 6.45) is 5.02. The maximum atomic E-state index is 5.61. The molecule has 0 spiro atoms. The molecule has 0 aromatic heterocycles. The Morgan fingerprint density at radius 3 is 2.77 bits per heavy atom. The van der Waals surface area contributed by atoms with Crippen molar-refractivity contribution >= 4 is 5.96 Å². The van der Waals surface area contributed by atoms with E-state index in [0.29, 0.717) is 6.10 Å². The van der Waals surface area contributed by atoms with Gasteiger partial charge in [-0.05, 0) is 39.2 Å². The van der Waals surface area contributed by atoms with Gasteiger partial charge < -0.3 is 20.1 Å². The van der Waals surface area contributed by atoms with E-state index in [1.807, 2.05) is 0 Å². The van der Waals surface area contributed by atoms with Crippen LogP contribution in [0.1, 0.15) is 32.6 Å². The number of ether oxygens (including phenoxy) is 2. The predicted octanol–water partition coefficient (Wildman–Crippen LogP) is 0.833. The molecule has 2 fully saturated rings. The first-order valence-electron chi connectivity index (χ1n) is 8.82. The molecule has 1 atom stereocenters. The SMILES string of the molecule is CCNC(=NCC1CCCO1)NCCCCN1CCOCC1. The molecule has 0 radical (unpaired) electrons. The molecule has 0 aliphatic carbocycles. The summed E-state index contributed by atoms with van der Waals surface area (Å²) in [6.45, 7) is 10.7. The van der Waals surface area contributed by atoms with E-state index in [4.69, 9.17) is 9.47 Å². The van der Waals surface area contributed by atoms with Crippen LogP contribution in [-0.2, 0) is 9.47 Å². The highest BCUT2D eigenvalue weighted by atomic mass is 16.5. The maximum absolute atomic E-state index is 5.61. The van der Waals surface area contributed by atoms with Crippen LogP contribution in [0.5, 0.6) is 0 Å². The average molecular weight is 312 g/mol. The summed E-state index contributed by atoms with van der Waals surface area (Å²) in [4.78, 5) is 7.11. The van der Waals surface area contributed by atoms with Gasteiger partial charge in [0.05, 0.1) is 25.9 Å². The van der Waals surface area contributed by atoms with E-state index in [-0.39, 0.29) is 0 Å². The molecule has 0 saturated carbocycles. The van der Waals surface area contributed by atoms with Gasteiger partial charge in [-0.2, -0.15) is 0 Å². The number of nitrogens with zero attached hydrogens (tertiary/aromatic N) is 2. The second-order valence-electron chi connectivity index (χ2n) is 5.94. The van der Waals surface area contributed by atoms with Gasteiger partial charge in [0, 0.05) is 32.8 Å². The van der Waals surface area contributed by atoms with Crippen LogP contribution in [0.25, 0.3) is 0 Å². The van der Waals surface area contributed by atoms with Crippen LogP contribution in [0.3, 0.4) is 0 Å². The van der Waals surface area contributed by atoms with E-state index in [0.717, 1.165) is 64.9 Å². The number of morpholine rings is 1. The molecule has 0 aromatic rings. The third kappa shape index (κ3) is 6.94. The van der Waals surface area contributed by atoms with E-state index < -0.39 is 0 Å². The summed E-state index contributed by atoms with van der Waals surface area (Å²) in [5.74, 6) is 0.921. The maximum Gasteiger partial charge on any atom is 0.191 e. The Kier molecular flexibility index (Phi) is 8.60. The molecule has 0 aromatic carbocycles. The third-order valence-electron chi connectivity index (χ3n) is 4.12. The highest BCUT2D eigenvalue weighted by molar-refractivity contribution is 5.79. The van der Waals surface area contributed by atoms with Gasteiger partial charge in [0.25, 0.3) is 0 Å². The average Bonchev–Trinajstić information content (AvgIpc) is 3.06. The first-order chi connectivity index (χ1) is 10.9. The molecule has 2 heterocycles. The Morgan fingerprint density at radius 2 is 2.05 bits per heavy atom. The normalized spacial score (nSPS) is 23.7. The molecular formula is C16H32N4O2. The van der Waals surface area contributed by atoms with E-state index in [1.54, 1.807) is 0 Å². The number of unbranched alkanes of at least 4 members (excludes halogenated alkanes) is 1. The lowest BCUT2D eigenvalue weighted by atomic mass is 10.2. The smallest absolute Gasteiger partial charge is 0.191 e. The minimum absolute atomic E-state index is 0.316. The first kappa shape index (κ1) is 17.5. The van der Waals surface area contributed by atoms with Crippen molar-refractivity contribution in [2.75, 3.05) is 59.1 Å². The number of guanidine groups is 1. The van der Waals surface area contributed by atoms with Gasteiger partial charge in [0.2, 0.25) is 0 Å². The van der Waals surface area contributed by atoms with Gasteiger partial charge in [0.1, 0.15) is 0 Å². The molecule has 128 valence electrons. The van der Waals surface area contributed by atoms with Gasteiger partial charge in [-0.3, -0.25) is 9.89 Å². The minimum atomic E-state index is 0.316. The predicted molar refractivity (Wildman–Crippen MR) is 89.4 cm³/mol. The summed E-state index contributed by atoms with van der Waals surface area (Å²) in [7, 11) is 0. The molecule has 2 saturated heterocycles. The lowest BCUT2D eigenvalue weighted by Crippen LogP contribution is -2.39. The Labute approximate surface area is 134 Å². The molecule has 0 bridgehead atoms. The van der Waals surface area contributed by atoms with Crippen molar-refractivity contribution < 1.29 is 9.47 Å². The standard InChI is InChI=1S/C16H32N4O2/c1-2-17-16(19-14-15-6-5-11-22-15)18-7-3-4-8-20-9-12-21-13-10-20/h15H,2-14H2,1H3,(H2,17,18,19). The van der Waals surface area contributed by atoms with Crippen molar-refractivity contribution in [3.05, 3.63) is 0 Å². The van der Waals surface area contributed by atoms with Gasteiger partial charge in [-0.15, -0.1) is 0 Å². The summed E-state index contributed by atoms with van der Waals surface area (Å²) >= 11 is 0. The first-order valence-corrected chi connectivity index (χ1v) is 8.82. The van der Waals surface area contributed by atoms with Crippen molar-refractivity contribution in [2.24, 2.45) is 4.99 Å². The zero-order chi connectivity index (χ0) is 15.5. The molecule has 0 amide bonds. The van der Waals surface area contributed by atoms with Crippen molar-refractivity contribution in [1.29, 1.82) is 0 Å². The van der Waals surface area contributed by atoms with Crippen LogP contribution in [0.2, 0.25) is 0 Å². The molecule has 6 nitrogen and oxygen atoms in total.